The fourth-order valence-corrected chi connectivity index (χ4v) is 3.91. The van der Waals surface area contributed by atoms with E-state index in [1.54, 1.807) is 6.20 Å². The number of hydrogen-bond donors (Lipinski definition) is 2. The highest BCUT2D eigenvalue weighted by Gasteiger charge is 2.22. The van der Waals surface area contributed by atoms with E-state index in [-0.39, 0.29) is 25.0 Å². The molecular formula is C23H32N4O4. The van der Waals surface area contributed by atoms with Crippen LogP contribution in [-0.4, -0.2) is 57.1 Å². The van der Waals surface area contributed by atoms with Crippen LogP contribution in [0.25, 0.3) is 22.2 Å². The molecule has 0 bridgehead atoms. The Balaban J connectivity index is 1.52. The second-order valence-electron chi connectivity index (χ2n) is 8.19. The minimum atomic E-state index is -0.0411. The smallest absolute Gasteiger partial charge is 0.150 e. The van der Waals surface area contributed by atoms with Crippen molar-refractivity contribution in [3.8, 4) is 17.0 Å². The van der Waals surface area contributed by atoms with E-state index in [0.717, 1.165) is 60.2 Å². The molecule has 0 aliphatic carbocycles. The van der Waals surface area contributed by atoms with E-state index in [9.17, 15) is 0 Å². The third-order valence-corrected chi connectivity index (χ3v) is 5.68. The molecule has 1 aliphatic rings. The van der Waals surface area contributed by atoms with Crippen LogP contribution in [-0.2, 0) is 9.47 Å². The van der Waals surface area contributed by atoms with Gasteiger partial charge in [-0.1, -0.05) is 0 Å². The van der Waals surface area contributed by atoms with Crippen LogP contribution in [0.15, 0.2) is 30.6 Å². The molecule has 3 aromatic rings. The molecule has 8 nitrogen and oxygen atoms in total. The molecule has 4 rings (SSSR count). The Morgan fingerprint density at radius 1 is 1.26 bits per heavy atom. The van der Waals surface area contributed by atoms with Gasteiger partial charge in [-0.25, -0.2) is 4.68 Å². The van der Waals surface area contributed by atoms with E-state index in [0.29, 0.717) is 13.0 Å². The molecule has 3 unspecified atom stereocenters. The fourth-order valence-electron chi connectivity index (χ4n) is 3.91. The summed E-state index contributed by atoms with van der Waals surface area (Å²) in [6, 6.07) is 6.11. The average molecular weight is 429 g/mol. The lowest BCUT2D eigenvalue weighted by Crippen LogP contribution is -2.19. The molecule has 0 saturated carbocycles. The highest BCUT2D eigenvalue weighted by atomic mass is 16.5. The lowest BCUT2D eigenvalue weighted by Gasteiger charge is -2.23. The Bertz CT molecular complexity index is 950. The van der Waals surface area contributed by atoms with Crippen molar-refractivity contribution in [3.63, 3.8) is 0 Å². The second-order valence-corrected chi connectivity index (χ2v) is 8.19. The van der Waals surface area contributed by atoms with Gasteiger partial charge in [0.2, 0.25) is 0 Å². The van der Waals surface area contributed by atoms with Crippen molar-refractivity contribution in [2.24, 2.45) is 0 Å². The molecule has 1 fully saturated rings. The van der Waals surface area contributed by atoms with Gasteiger partial charge >= 0.3 is 0 Å². The van der Waals surface area contributed by atoms with E-state index in [2.05, 4.69) is 22.3 Å². The fraction of sp³-hybridized carbons (Fsp3) is 0.565. The van der Waals surface area contributed by atoms with Crippen LogP contribution in [0.3, 0.4) is 0 Å². The summed E-state index contributed by atoms with van der Waals surface area (Å²) in [6.45, 7) is 5.53. The number of aliphatic hydroxyl groups is 1. The Labute approximate surface area is 182 Å². The van der Waals surface area contributed by atoms with Gasteiger partial charge in [0.15, 0.2) is 6.23 Å². The van der Waals surface area contributed by atoms with Crippen molar-refractivity contribution in [1.82, 2.24) is 20.0 Å². The number of aliphatic hydroxyl groups excluding tert-OH is 1. The van der Waals surface area contributed by atoms with Crippen LogP contribution in [0.5, 0.6) is 5.75 Å². The summed E-state index contributed by atoms with van der Waals surface area (Å²) in [5, 5.41) is 21.9. The van der Waals surface area contributed by atoms with E-state index in [1.165, 1.54) is 0 Å². The Hall–Kier alpha value is -2.42. The number of rotatable bonds is 10. The molecule has 3 heterocycles. The maximum Gasteiger partial charge on any atom is 0.150 e. The molecule has 8 heteroatoms. The van der Waals surface area contributed by atoms with Gasteiger partial charge in [0.1, 0.15) is 11.4 Å². The zero-order valence-corrected chi connectivity index (χ0v) is 18.3. The summed E-state index contributed by atoms with van der Waals surface area (Å²) in [4.78, 5) is 0. The van der Waals surface area contributed by atoms with Crippen LogP contribution in [0.2, 0.25) is 0 Å². The Morgan fingerprint density at radius 2 is 2.16 bits per heavy atom. The van der Waals surface area contributed by atoms with Gasteiger partial charge < -0.3 is 19.3 Å². The molecular weight excluding hydrogens is 396 g/mol. The number of hydrogen-bond acceptors (Lipinski definition) is 6. The van der Waals surface area contributed by atoms with Crippen LogP contribution in [0.4, 0.5) is 0 Å². The average Bonchev–Trinajstić information content (AvgIpc) is 3.42. The zero-order chi connectivity index (χ0) is 21.6. The molecule has 3 atom stereocenters. The van der Waals surface area contributed by atoms with Crippen molar-refractivity contribution in [2.45, 2.75) is 64.4 Å². The SMILES string of the molecule is CC(CCO)OCCC(C)Oc1ccc2c(c1)c(-c1cn[nH]c1)nn2C1CCCCO1. The number of nitrogens with one attached hydrogen (secondary N) is 1. The second kappa shape index (κ2) is 10.3. The molecule has 168 valence electrons. The first-order chi connectivity index (χ1) is 15.2. The maximum absolute atomic E-state index is 8.98. The Kier molecular flexibility index (Phi) is 7.21. The van der Waals surface area contributed by atoms with Gasteiger partial charge in [0, 0.05) is 36.8 Å². The van der Waals surface area contributed by atoms with Crippen LogP contribution in [0, 0.1) is 0 Å². The minimum Gasteiger partial charge on any atom is -0.491 e. The Morgan fingerprint density at radius 3 is 2.90 bits per heavy atom. The summed E-state index contributed by atoms with van der Waals surface area (Å²) < 4.78 is 19.9. The molecule has 1 aromatic carbocycles. The molecule has 0 spiro atoms. The van der Waals surface area contributed by atoms with Crippen LogP contribution >= 0.6 is 0 Å². The lowest BCUT2D eigenvalue weighted by molar-refractivity contribution is -0.0365. The first-order valence-electron chi connectivity index (χ1n) is 11.2. The largest absolute Gasteiger partial charge is 0.491 e. The number of fused-ring (bicyclic) bond motifs is 1. The monoisotopic (exact) mass is 428 g/mol. The van der Waals surface area contributed by atoms with E-state index < -0.39 is 0 Å². The first-order valence-corrected chi connectivity index (χ1v) is 11.2. The lowest BCUT2D eigenvalue weighted by atomic mass is 10.1. The van der Waals surface area contributed by atoms with Gasteiger partial charge in [-0.3, -0.25) is 5.10 Å². The molecule has 31 heavy (non-hydrogen) atoms. The summed E-state index contributed by atoms with van der Waals surface area (Å²) in [5.41, 5.74) is 2.84. The molecule has 0 radical (unpaired) electrons. The van der Waals surface area contributed by atoms with Crippen LogP contribution in [0.1, 0.15) is 52.2 Å². The van der Waals surface area contributed by atoms with Gasteiger partial charge in [0.05, 0.1) is 30.5 Å². The van der Waals surface area contributed by atoms with E-state index in [1.807, 2.05) is 30.8 Å². The van der Waals surface area contributed by atoms with E-state index in [4.69, 9.17) is 24.4 Å². The molecule has 1 aliphatic heterocycles. The van der Waals surface area contributed by atoms with Crippen molar-refractivity contribution < 1.29 is 19.3 Å². The number of aromatic amines is 1. The van der Waals surface area contributed by atoms with E-state index >= 15 is 0 Å². The van der Waals surface area contributed by atoms with Crippen molar-refractivity contribution >= 4 is 10.9 Å². The molecule has 0 amide bonds. The normalized spacial score (nSPS) is 18.9. The summed E-state index contributed by atoms with van der Waals surface area (Å²) in [6.07, 6.45) is 8.30. The number of aromatic nitrogens is 4. The third-order valence-electron chi connectivity index (χ3n) is 5.68. The standard InChI is InChI=1S/C23H32N4O4/c1-16(8-10-28)29-12-9-17(2)31-19-6-7-21-20(13-19)23(18-14-24-25-15-18)26-27(21)22-5-3-4-11-30-22/h6-7,13-17,22,28H,3-5,8-12H2,1-2H3,(H,24,25). The molecule has 1 saturated heterocycles. The van der Waals surface area contributed by atoms with Crippen molar-refractivity contribution in [1.29, 1.82) is 0 Å². The maximum atomic E-state index is 8.98. The number of H-pyrrole nitrogens is 1. The molecule has 2 aromatic heterocycles. The van der Waals surface area contributed by atoms with Crippen molar-refractivity contribution in [3.05, 3.63) is 30.6 Å². The number of nitrogens with zero attached hydrogens (tertiary/aromatic N) is 3. The van der Waals surface area contributed by atoms with Crippen molar-refractivity contribution in [2.75, 3.05) is 19.8 Å². The summed E-state index contributed by atoms with van der Waals surface area (Å²) in [7, 11) is 0. The summed E-state index contributed by atoms with van der Waals surface area (Å²) in [5.74, 6) is 0.803. The number of ether oxygens (including phenoxy) is 3. The van der Waals surface area contributed by atoms with Gasteiger partial charge in [-0.05, 0) is 57.7 Å². The zero-order valence-electron chi connectivity index (χ0n) is 18.3. The quantitative estimate of drug-likeness (QED) is 0.505. The summed E-state index contributed by atoms with van der Waals surface area (Å²) >= 11 is 0. The topological polar surface area (TPSA) is 94.4 Å². The minimum absolute atomic E-state index is 0.00729. The predicted octanol–water partition coefficient (Wildman–Crippen LogP) is 4.07. The predicted molar refractivity (Wildman–Crippen MR) is 118 cm³/mol. The van der Waals surface area contributed by atoms with Gasteiger partial charge in [-0.2, -0.15) is 10.2 Å². The van der Waals surface area contributed by atoms with Gasteiger partial charge in [0.25, 0.3) is 0 Å². The highest BCUT2D eigenvalue weighted by Crippen LogP contribution is 2.34. The highest BCUT2D eigenvalue weighted by molar-refractivity contribution is 5.94. The van der Waals surface area contributed by atoms with Crippen LogP contribution < -0.4 is 4.74 Å². The molecule has 2 N–H and O–H groups in total. The third kappa shape index (κ3) is 5.26. The first kappa shape index (κ1) is 21.8. The van der Waals surface area contributed by atoms with Gasteiger partial charge in [-0.15, -0.1) is 0 Å². The number of benzene rings is 1.